The van der Waals surface area contributed by atoms with Crippen molar-refractivity contribution in [3.8, 4) is 0 Å². The van der Waals surface area contributed by atoms with Gasteiger partial charge in [0.05, 0.1) is 5.69 Å². The van der Waals surface area contributed by atoms with Crippen molar-refractivity contribution in [2.75, 3.05) is 5.01 Å². The summed E-state index contributed by atoms with van der Waals surface area (Å²) in [5, 5.41) is 1.29. The number of carbonyl (C=O) groups is 2. The van der Waals surface area contributed by atoms with Gasteiger partial charge in [0.1, 0.15) is 5.57 Å². The molecule has 0 aliphatic carbocycles. The highest BCUT2D eigenvalue weighted by Gasteiger charge is 2.34. The molecule has 1 aliphatic rings. The Kier molecular flexibility index (Phi) is 4.57. The van der Waals surface area contributed by atoms with Crippen molar-refractivity contribution in [2.24, 2.45) is 0 Å². The van der Waals surface area contributed by atoms with Gasteiger partial charge in [-0.15, -0.1) is 0 Å². The molecule has 2 amide bonds. The smallest absolute Gasteiger partial charge is 0.282 e. The van der Waals surface area contributed by atoms with Crippen molar-refractivity contribution in [1.29, 1.82) is 0 Å². The zero-order chi connectivity index (χ0) is 19.7. The third-order valence-electron chi connectivity index (χ3n) is 5.00. The summed E-state index contributed by atoms with van der Waals surface area (Å²) < 4.78 is 2.19. The van der Waals surface area contributed by atoms with Gasteiger partial charge in [0, 0.05) is 17.9 Å². The lowest BCUT2D eigenvalue weighted by Crippen LogP contribution is -2.35. The SMILES string of the molecule is Cc1cc(C=C2C(=O)NN(c3ccccc3)C2=O)c(C)n1Cc1ccccc1. The lowest BCUT2D eigenvalue weighted by molar-refractivity contribution is -0.117. The third kappa shape index (κ3) is 3.22. The molecule has 1 aliphatic heterocycles. The number of amides is 2. The van der Waals surface area contributed by atoms with Crippen molar-refractivity contribution in [2.45, 2.75) is 20.4 Å². The van der Waals surface area contributed by atoms with E-state index in [-0.39, 0.29) is 17.4 Å². The fourth-order valence-corrected chi connectivity index (χ4v) is 3.45. The minimum absolute atomic E-state index is 0.142. The molecule has 2 aromatic carbocycles. The molecule has 5 nitrogen and oxygen atoms in total. The Morgan fingerprint density at radius 3 is 2.25 bits per heavy atom. The molecule has 3 aromatic rings. The van der Waals surface area contributed by atoms with Gasteiger partial charge in [-0.25, -0.2) is 5.01 Å². The molecule has 2 heterocycles. The molecule has 5 heteroatoms. The van der Waals surface area contributed by atoms with Gasteiger partial charge in [0.25, 0.3) is 11.8 Å². The number of benzene rings is 2. The normalized spacial score (nSPS) is 15.4. The van der Waals surface area contributed by atoms with Crippen LogP contribution in [0, 0.1) is 13.8 Å². The number of aryl methyl sites for hydroxylation is 1. The monoisotopic (exact) mass is 371 g/mol. The quantitative estimate of drug-likeness (QED) is 0.563. The maximum absolute atomic E-state index is 12.8. The largest absolute Gasteiger partial charge is 0.344 e. The summed E-state index contributed by atoms with van der Waals surface area (Å²) in [6.07, 6.45) is 1.68. The number of hydrogen-bond donors (Lipinski definition) is 1. The lowest BCUT2D eigenvalue weighted by Gasteiger charge is -2.13. The summed E-state index contributed by atoms with van der Waals surface area (Å²) in [5.41, 5.74) is 7.60. The standard InChI is InChI=1S/C23H21N3O2/c1-16-13-19(17(2)25(16)15-18-9-5-3-6-10-18)14-21-22(27)24-26(23(21)28)20-11-7-4-8-12-20/h3-14H,15H2,1-2H3,(H,24,27). The van der Waals surface area contributed by atoms with Crippen LogP contribution < -0.4 is 10.4 Å². The summed E-state index contributed by atoms with van der Waals surface area (Å²) in [5.74, 6) is -0.731. The average molecular weight is 371 g/mol. The Bertz CT molecular complexity index is 1070. The second-order valence-corrected chi connectivity index (χ2v) is 6.87. The molecule has 1 aromatic heterocycles. The van der Waals surface area contributed by atoms with Gasteiger partial charge in [-0.1, -0.05) is 48.5 Å². The first kappa shape index (κ1) is 17.8. The number of hydrazine groups is 1. The highest BCUT2D eigenvalue weighted by atomic mass is 16.2. The van der Waals surface area contributed by atoms with E-state index in [2.05, 4.69) is 22.1 Å². The Hall–Kier alpha value is -3.60. The van der Waals surface area contributed by atoms with E-state index < -0.39 is 0 Å². The van der Waals surface area contributed by atoms with Gasteiger partial charge >= 0.3 is 0 Å². The molecule has 140 valence electrons. The fraction of sp³-hybridized carbons (Fsp3) is 0.130. The third-order valence-corrected chi connectivity index (χ3v) is 5.00. The van der Waals surface area contributed by atoms with E-state index in [1.165, 1.54) is 10.6 Å². The molecule has 0 saturated carbocycles. The van der Waals surface area contributed by atoms with Gasteiger partial charge in [-0.05, 0) is 49.2 Å². The van der Waals surface area contributed by atoms with E-state index in [9.17, 15) is 9.59 Å². The number of aromatic nitrogens is 1. The summed E-state index contributed by atoms with van der Waals surface area (Å²) in [4.78, 5) is 25.2. The van der Waals surface area contributed by atoms with E-state index in [4.69, 9.17) is 0 Å². The van der Waals surface area contributed by atoms with Crippen LogP contribution >= 0.6 is 0 Å². The number of carbonyl (C=O) groups excluding carboxylic acids is 2. The molecule has 1 fully saturated rings. The molecular formula is C23H21N3O2. The predicted octanol–water partition coefficient (Wildman–Crippen LogP) is 3.61. The number of nitrogens with one attached hydrogen (secondary N) is 1. The first-order valence-corrected chi connectivity index (χ1v) is 9.17. The van der Waals surface area contributed by atoms with E-state index in [0.29, 0.717) is 5.69 Å². The fourth-order valence-electron chi connectivity index (χ4n) is 3.45. The maximum atomic E-state index is 12.8. The first-order chi connectivity index (χ1) is 13.5. The van der Waals surface area contributed by atoms with Gasteiger partial charge in [0.2, 0.25) is 0 Å². The number of hydrogen-bond acceptors (Lipinski definition) is 2. The van der Waals surface area contributed by atoms with Gasteiger partial charge < -0.3 is 4.57 Å². The second-order valence-electron chi connectivity index (χ2n) is 6.87. The number of anilines is 1. The Morgan fingerprint density at radius 2 is 1.57 bits per heavy atom. The molecular weight excluding hydrogens is 350 g/mol. The topological polar surface area (TPSA) is 54.3 Å². The molecule has 0 radical (unpaired) electrons. The van der Waals surface area contributed by atoms with Crippen molar-refractivity contribution >= 4 is 23.6 Å². The van der Waals surface area contributed by atoms with Crippen LogP contribution in [0.1, 0.15) is 22.5 Å². The van der Waals surface area contributed by atoms with Crippen LogP contribution in [0.4, 0.5) is 5.69 Å². The Labute approximate surface area is 163 Å². The molecule has 0 unspecified atom stereocenters. The van der Waals surface area contributed by atoms with Crippen LogP contribution in [0.2, 0.25) is 0 Å². The van der Waals surface area contributed by atoms with Gasteiger partial charge in [0.15, 0.2) is 0 Å². The minimum Gasteiger partial charge on any atom is -0.344 e. The van der Waals surface area contributed by atoms with Gasteiger partial charge in [-0.2, -0.15) is 0 Å². The molecule has 1 N–H and O–H groups in total. The Morgan fingerprint density at radius 1 is 0.929 bits per heavy atom. The molecule has 1 saturated heterocycles. The second kappa shape index (κ2) is 7.19. The van der Waals surface area contributed by atoms with Gasteiger partial charge in [-0.3, -0.25) is 15.0 Å². The summed E-state index contributed by atoms with van der Waals surface area (Å²) in [7, 11) is 0. The zero-order valence-corrected chi connectivity index (χ0v) is 15.8. The lowest BCUT2D eigenvalue weighted by atomic mass is 10.1. The summed E-state index contributed by atoms with van der Waals surface area (Å²) in [6, 6.07) is 21.3. The van der Waals surface area contributed by atoms with Crippen LogP contribution in [0.15, 0.2) is 72.3 Å². The first-order valence-electron chi connectivity index (χ1n) is 9.17. The number of rotatable bonds is 4. The Balaban J connectivity index is 1.65. The minimum atomic E-state index is -0.387. The molecule has 0 atom stereocenters. The van der Waals surface area contributed by atoms with Crippen molar-refractivity contribution < 1.29 is 9.59 Å². The number of para-hydroxylation sites is 1. The number of nitrogens with zero attached hydrogens (tertiary/aromatic N) is 2. The highest BCUT2D eigenvalue weighted by Crippen LogP contribution is 2.24. The van der Waals surface area contributed by atoms with E-state index in [1.54, 1.807) is 18.2 Å². The predicted molar refractivity (Wildman–Crippen MR) is 109 cm³/mol. The van der Waals surface area contributed by atoms with Crippen molar-refractivity contribution in [1.82, 2.24) is 9.99 Å². The van der Waals surface area contributed by atoms with Crippen LogP contribution in [0.5, 0.6) is 0 Å². The van der Waals surface area contributed by atoms with Crippen molar-refractivity contribution in [3.63, 3.8) is 0 Å². The zero-order valence-electron chi connectivity index (χ0n) is 15.8. The molecule has 28 heavy (non-hydrogen) atoms. The van der Waals surface area contributed by atoms with Crippen LogP contribution in [0.25, 0.3) is 6.08 Å². The summed E-state index contributed by atoms with van der Waals surface area (Å²) in [6.45, 7) is 4.79. The van der Waals surface area contributed by atoms with Crippen LogP contribution in [0.3, 0.4) is 0 Å². The summed E-state index contributed by atoms with van der Waals surface area (Å²) >= 11 is 0. The highest BCUT2D eigenvalue weighted by molar-refractivity contribution is 6.31. The molecule has 0 spiro atoms. The molecule has 0 bridgehead atoms. The molecule has 4 rings (SSSR count). The van der Waals surface area contributed by atoms with E-state index in [1.807, 2.05) is 56.3 Å². The average Bonchev–Trinajstić information content (AvgIpc) is 3.14. The van der Waals surface area contributed by atoms with Crippen LogP contribution in [-0.2, 0) is 16.1 Å². The van der Waals surface area contributed by atoms with Crippen molar-refractivity contribution in [3.05, 3.63) is 94.8 Å². The van der Waals surface area contributed by atoms with E-state index >= 15 is 0 Å². The van der Waals surface area contributed by atoms with Crippen LogP contribution in [-0.4, -0.2) is 16.4 Å². The van der Waals surface area contributed by atoms with E-state index in [0.717, 1.165) is 23.5 Å². The maximum Gasteiger partial charge on any atom is 0.282 e.